The Morgan fingerprint density at radius 1 is 1.39 bits per heavy atom. The number of benzene rings is 1. The number of hydrogen-bond acceptors (Lipinski definition) is 3. The van der Waals surface area contributed by atoms with Gasteiger partial charge in [0, 0.05) is 25.5 Å². The first-order chi connectivity index (χ1) is 11.2. The zero-order chi connectivity index (χ0) is 16.1. The number of aryl methyl sites for hydroxylation is 1. The molecule has 2 aromatic heterocycles. The van der Waals surface area contributed by atoms with Crippen molar-refractivity contribution in [1.29, 1.82) is 0 Å². The molecule has 0 aliphatic carbocycles. The van der Waals surface area contributed by atoms with E-state index in [0.717, 1.165) is 29.8 Å². The maximum atomic E-state index is 11.9. The zero-order valence-corrected chi connectivity index (χ0v) is 13.0. The Bertz CT molecular complexity index is 731. The summed E-state index contributed by atoms with van der Waals surface area (Å²) in [5.74, 6) is 0.750. The molecule has 0 bridgehead atoms. The van der Waals surface area contributed by atoms with Gasteiger partial charge in [0.1, 0.15) is 5.82 Å². The molecule has 3 rings (SSSR count). The molecule has 2 amide bonds. The van der Waals surface area contributed by atoms with Gasteiger partial charge in [-0.05, 0) is 25.5 Å². The van der Waals surface area contributed by atoms with Crippen LogP contribution in [0.2, 0.25) is 0 Å². The third kappa shape index (κ3) is 3.88. The number of hydrogen-bond donors (Lipinski definition) is 3. The average molecular weight is 312 g/mol. The number of imidazole rings is 2. The number of carbonyl (C=O) groups excluding carboxylic acids is 1. The average Bonchev–Trinajstić information content (AvgIpc) is 3.20. The van der Waals surface area contributed by atoms with Gasteiger partial charge in [-0.1, -0.05) is 12.1 Å². The fraction of sp³-hybridized carbons (Fsp3) is 0.312. The molecule has 7 nitrogen and oxygen atoms in total. The Kier molecular flexibility index (Phi) is 4.56. The van der Waals surface area contributed by atoms with E-state index in [1.807, 2.05) is 42.0 Å². The van der Waals surface area contributed by atoms with Crippen LogP contribution in [0.3, 0.4) is 0 Å². The third-order valence-electron chi connectivity index (χ3n) is 3.60. The van der Waals surface area contributed by atoms with Gasteiger partial charge in [0.2, 0.25) is 0 Å². The van der Waals surface area contributed by atoms with Crippen LogP contribution in [0, 0.1) is 0 Å². The molecule has 0 aliphatic heterocycles. The topological polar surface area (TPSA) is 87.6 Å². The summed E-state index contributed by atoms with van der Waals surface area (Å²) in [6.07, 6.45) is 6.27. The van der Waals surface area contributed by atoms with E-state index in [0.29, 0.717) is 6.54 Å². The van der Waals surface area contributed by atoms with E-state index in [-0.39, 0.29) is 12.1 Å². The lowest BCUT2D eigenvalue weighted by atomic mass is 10.3. The minimum Gasteiger partial charge on any atom is -0.340 e. The number of fused-ring (bicyclic) bond motifs is 1. The number of amides is 2. The highest BCUT2D eigenvalue weighted by Crippen LogP contribution is 2.15. The van der Waals surface area contributed by atoms with Gasteiger partial charge in [-0.2, -0.15) is 0 Å². The number of carbonyl (C=O) groups is 1. The molecule has 23 heavy (non-hydrogen) atoms. The van der Waals surface area contributed by atoms with Crippen LogP contribution in [-0.4, -0.2) is 32.1 Å². The summed E-state index contributed by atoms with van der Waals surface area (Å²) in [4.78, 5) is 23.6. The molecular weight excluding hydrogens is 292 g/mol. The van der Waals surface area contributed by atoms with Gasteiger partial charge < -0.3 is 20.2 Å². The molecule has 0 saturated carbocycles. The lowest BCUT2D eigenvalue weighted by Crippen LogP contribution is -2.38. The fourth-order valence-electron chi connectivity index (χ4n) is 2.38. The van der Waals surface area contributed by atoms with Gasteiger partial charge in [-0.25, -0.2) is 14.8 Å². The summed E-state index contributed by atoms with van der Waals surface area (Å²) in [5, 5.41) is 5.74. The largest absolute Gasteiger partial charge is 0.340 e. The van der Waals surface area contributed by atoms with Gasteiger partial charge in [0.25, 0.3) is 0 Å². The smallest absolute Gasteiger partial charge is 0.315 e. The van der Waals surface area contributed by atoms with Crippen LogP contribution in [0.15, 0.2) is 43.0 Å². The Hall–Kier alpha value is -2.83. The van der Waals surface area contributed by atoms with Crippen LogP contribution in [0.4, 0.5) is 4.79 Å². The van der Waals surface area contributed by atoms with Crippen LogP contribution in [0.5, 0.6) is 0 Å². The van der Waals surface area contributed by atoms with E-state index < -0.39 is 0 Å². The van der Waals surface area contributed by atoms with Crippen LogP contribution in [0.25, 0.3) is 11.0 Å². The molecule has 2 heterocycles. The molecule has 1 atom stereocenters. The molecule has 0 unspecified atom stereocenters. The molecule has 0 radical (unpaired) electrons. The number of H-pyrrole nitrogens is 1. The molecular formula is C16H20N6O. The molecule has 3 aromatic rings. The number of aromatic amines is 1. The third-order valence-corrected chi connectivity index (χ3v) is 3.60. The van der Waals surface area contributed by atoms with E-state index >= 15 is 0 Å². The second-order valence-corrected chi connectivity index (χ2v) is 5.42. The van der Waals surface area contributed by atoms with Crippen LogP contribution in [0.1, 0.15) is 25.2 Å². The van der Waals surface area contributed by atoms with Crippen molar-refractivity contribution in [1.82, 2.24) is 30.2 Å². The molecule has 0 saturated heterocycles. The van der Waals surface area contributed by atoms with E-state index in [1.165, 1.54) is 0 Å². The zero-order valence-electron chi connectivity index (χ0n) is 13.0. The van der Waals surface area contributed by atoms with Crippen molar-refractivity contribution < 1.29 is 4.79 Å². The first-order valence-corrected chi connectivity index (χ1v) is 7.67. The lowest BCUT2D eigenvalue weighted by molar-refractivity contribution is 0.237. The van der Waals surface area contributed by atoms with Crippen LogP contribution in [-0.2, 0) is 6.54 Å². The van der Waals surface area contributed by atoms with Gasteiger partial charge in [0.05, 0.1) is 23.4 Å². The minimum absolute atomic E-state index is 0.184. The van der Waals surface area contributed by atoms with Crippen molar-refractivity contribution in [2.75, 3.05) is 6.54 Å². The van der Waals surface area contributed by atoms with Gasteiger partial charge in [-0.3, -0.25) is 0 Å². The molecule has 0 spiro atoms. The number of nitrogens with one attached hydrogen (secondary N) is 3. The second kappa shape index (κ2) is 6.95. The van der Waals surface area contributed by atoms with E-state index in [2.05, 4.69) is 25.6 Å². The van der Waals surface area contributed by atoms with Gasteiger partial charge >= 0.3 is 6.03 Å². The first kappa shape index (κ1) is 15.1. The number of para-hydroxylation sites is 2. The quantitative estimate of drug-likeness (QED) is 0.610. The second-order valence-electron chi connectivity index (χ2n) is 5.42. The first-order valence-electron chi connectivity index (χ1n) is 7.67. The Morgan fingerprint density at radius 3 is 3.04 bits per heavy atom. The van der Waals surface area contributed by atoms with Crippen LogP contribution < -0.4 is 10.6 Å². The molecule has 3 N–H and O–H groups in total. The molecule has 1 aromatic carbocycles. The molecule has 7 heteroatoms. The van der Waals surface area contributed by atoms with E-state index in [4.69, 9.17) is 0 Å². The predicted molar refractivity (Wildman–Crippen MR) is 87.9 cm³/mol. The number of nitrogens with zero attached hydrogens (tertiary/aromatic N) is 3. The normalized spacial score (nSPS) is 12.2. The van der Waals surface area contributed by atoms with E-state index in [9.17, 15) is 4.79 Å². The molecule has 120 valence electrons. The summed E-state index contributed by atoms with van der Waals surface area (Å²) < 4.78 is 1.98. The standard InChI is InChI=1S/C16H20N6O/c1-12(15-20-13-5-2-3-6-14(13)21-15)19-16(23)18-7-4-9-22-10-8-17-11-22/h2-3,5-6,8,10-12H,4,7,9H2,1H3,(H,20,21)(H2,18,19,23)/t12-/m1/s1. The highest BCUT2D eigenvalue weighted by Gasteiger charge is 2.12. The predicted octanol–water partition coefficient (Wildman–Crippen LogP) is 2.21. The monoisotopic (exact) mass is 312 g/mol. The van der Waals surface area contributed by atoms with Crippen LogP contribution >= 0.6 is 0 Å². The number of rotatable bonds is 6. The lowest BCUT2D eigenvalue weighted by Gasteiger charge is -2.12. The highest BCUT2D eigenvalue weighted by atomic mass is 16.2. The van der Waals surface area contributed by atoms with Crippen molar-refractivity contribution >= 4 is 17.1 Å². The van der Waals surface area contributed by atoms with Gasteiger partial charge in [-0.15, -0.1) is 0 Å². The van der Waals surface area contributed by atoms with E-state index in [1.54, 1.807) is 12.5 Å². The van der Waals surface area contributed by atoms with Gasteiger partial charge in [0.15, 0.2) is 0 Å². The molecule has 0 fully saturated rings. The van der Waals surface area contributed by atoms with Crippen molar-refractivity contribution in [2.45, 2.75) is 25.9 Å². The van der Waals surface area contributed by atoms with Crippen molar-refractivity contribution in [3.05, 3.63) is 48.8 Å². The van der Waals surface area contributed by atoms with Crippen molar-refractivity contribution in [3.63, 3.8) is 0 Å². The van der Waals surface area contributed by atoms with Crippen molar-refractivity contribution in [3.8, 4) is 0 Å². The maximum absolute atomic E-state index is 11.9. The Labute approximate surface area is 134 Å². The summed E-state index contributed by atoms with van der Waals surface area (Å²) in [6.45, 7) is 3.35. The summed E-state index contributed by atoms with van der Waals surface area (Å²) in [6, 6.07) is 7.43. The summed E-state index contributed by atoms with van der Waals surface area (Å²) in [7, 11) is 0. The summed E-state index contributed by atoms with van der Waals surface area (Å²) in [5.41, 5.74) is 1.87. The Morgan fingerprint density at radius 2 is 2.26 bits per heavy atom. The van der Waals surface area contributed by atoms with Crippen molar-refractivity contribution in [2.24, 2.45) is 0 Å². The fourth-order valence-corrected chi connectivity index (χ4v) is 2.38. The highest BCUT2D eigenvalue weighted by molar-refractivity contribution is 5.76. The minimum atomic E-state index is -0.191. The number of aromatic nitrogens is 4. The SMILES string of the molecule is C[C@@H](NC(=O)NCCCn1ccnc1)c1nc2ccccc2[nH]1. The maximum Gasteiger partial charge on any atom is 0.315 e. The Balaban J connectivity index is 1.45. The summed E-state index contributed by atoms with van der Waals surface area (Å²) >= 11 is 0. The number of urea groups is 1. The molecule has 0 aliphatic rings.